The van der Waals surface area contributed by atoms with E-state index in [2.05, 4.69) is 85.4 Å². The molecule has 1 aliphatic heterocycles. The summed E-state index contributed by atoms with van der Waals surface area (Å²) >= 11 is 0. The van der Waals surface area contributed by atoms with Crippen LogP contribution < -0.4 is 10.6 Å². The zero-order valence-corrected chi connectivity index (χ0v) is 22.6. The third kappa shape index (κ3) is 4.34. The van der Waals surface area contributed by atoms with E-state index in [9.17, 15) is 9.59 Å². The third-order valence-corrected chi connectivity index (χ3v) is 7.98. The van der Waals surface area contributed by atoms with Gasteiger partial charge in [-0.3, -0.25) is 9.59 Å². The second kappa shape index (κ2) is 9.35. The number of fused-ring (bicyclic) bond motifs is 2. The molecule has 0 bridgehead atoms. The lowest BCUT2D eigenvalue weighted by Gasteiger charge is -2.30. The molecule has 2 aromatic heterocycles. The van der Waals surface area contributed by atoms with Crippen molar-refractivity contribution >= 4 is 33.6 Å². The SMILES string of the molecule is C=CC(C)(C)c1[nH]c2ccccc2c1C[C@@H]1NC(=O)[C@H](Cc2cn(C(C)(C)C=C)c3ccccc23)NC1=O. The average molecular weight is 509 g/mol. The van der Waals surface area contributed by atoms with Crippen LogP contribution in [0, 0.1) is 0 Å². The number of aromatic amines is 1. The minimum atomic E-state index is -0.654. The van der Waals surface area contributed by atoms with E-state index in [1.807, 2.05) is 42.5 Å². The Balaban J connectivity index is 1.41. The Morgan fingerprint density at radius 3 is 2.11 bits per heavy atom. The van der Waals surface area contributed by atoms with Gasteiger partial charge in [-0.1, -0.05) is 62.4 Å². The van der Waals surface area contributed by atoms with Crippen molar-refractivity contribution in [2.45, 2.75) is 63.6 Å². The Morgan fingerprint density at radius 2 is 1.45 bits per heavy atom. The van der Waals surface area contributed by atoms with Gasteiger partial charge in [0.15, 0.2) is 0 Å². The highest BCUT2D eigenvalue weighted by Crippen LogP contribution is 2.34. The summed E-state index contributed by atoms with van der Waals surface area (Å²) in [5.41, 5.74) is 4.52. The topological polar surface area (TPSA) is 78.9 Å². The fourth-order valence-corrected chi connectivity index (χ4v) is 5.44. The normalized spacial score (nSPS) is 18.4. The number of amides is 2. The number of hydrogen-bond donors (Lipinski definition) is 3. The van der Waals surface area contributed by atoms with Crippen LogP contribution in [0.5, 0.6) is 0 Å². The van der Waals surface area contributed by atoms with Gasteiger partial charge in [0, 0.05) is 52.0 Å². The molecule has 4 aromatic rings. The zero-order chi connectivity index (χ0) is 27.2. The van der Waals surface area contributed by atoms with Gasteiger partial charge in [-0.2, -0.15) is 0 Å². The van der Waals surface area contributed by atoms with Crippen LogP contribution in [0.2, 0.25) is 0 Å². The Morgan fingerprint density at radius 1 is 0.842 bits per heavy atom. The van der Waals surface area contributed by atoms with E-state index in [-0.39, 0.29) is 22.8 Å². The summed E-state index contributed by atoms with van der Waals surface area (Å²) in [6, 6.07) is 14.9. The first-order valence-electron chi connectivity index (χ1n) is 13.1. The number of nitrogens with one attached hydrogen (secondary N) is 3. The molecule has 38 heavy (non-hydrogen) atoms. The van der Waals surface area contributed by atoms with Crippen LogP contribution in [-0.4, -0.2) is 33.4 Å². The first-order chi connectivity index (χ1) is 18.1. The molecule has 1 aliphatic rings. The molecule has 3 heterocycles. The van der Waals surface area contributed by atoms with Gasteiger partial charge in [0.2, 0.25) is 11.8 Å². The van der Waals surface area contributed by atoms with Gasteiger partial charge in [-0.05, 0) is 37.1 Å². The largest absolute Gasteiger partial charge is 0.357 e. The maximum atomic E-state index is 13.3. The summed E-state index contributed by atoms with van der Waals surface area (Å²) in [5, 5.41) is 8.16. The quantitative estimate of drug-likeness (QED) is 0.283. The first kappa shape index (κ1) is 25.6. The summed E-state index contributed by atoms with van der Waals surface area (Å²) in [6.45, 7) is 16.4. The molecule has 1 saturated heterocycles. The lowest BCUT2D eigenvalue weighted by atomic mass is 9.84. The molecule has 196 valence electrons. The summed E-state index contributed by atoms with van der Waals surface area (Å²) in [5.74, 6) is -0.337. The highest BCUT2D eigenvalue weighted by molar-refractivity contribution is 5.98. The maximum Gasteiger partial charge on any atom is 0.243 e. The zero-order valence-electron chi connectivity index (χ0n) is 22.6. The molecule has 6 heteroatoms. The van der Waals surface area contributed by atoms with E-state index in [1.54, 1.807) is 0 Å². The smallest absolute Gasteiger partial charge is 0.243 e. The molecule has 0 unspecified atom stereocenters. The van der Waals surface area contributed by atoms with Crippen LogP contribution in [0.4, 0.5) is 0 Å². The van der Waals surface area contributed by atoms with Gasteiger partial charge in [-0.25, -0.2) is 0 Å². The number of carbonyl (C=O) groups is 2. The highest BCUT2D eigenvalue weighted by Gasteiger charge is 2.36. The van der Waals surface area contributed by atoms with Crippen molar-refractivity contribution < 1.29 is 9.59 Å². The van der Waals surface area contributed by atoms with Crippen LogP contribution in [-0.2, 0) is 33.4 Å². The fourth-order valence-electron chi connectivity index (χ4n) is 5.44. The number of para-hydroxylation sites is 2. The van der Waals surface area contributed by atoms with Crippen molar-refractivity contribution in [2.24, 2.45) is 0 Å². The number of piperazine rings is 1. The minimum absolute atomic E-state index is 0.168. The predicted octanol–water partition coefficient (Wildman–Crippen LogP) is 5.28. The fraction of sp³-hybridized carbons (Fsp3) is 0.312. The number of aromatic nitrogens is 2. The molecular weight excluding hydrogens is 472 g/mol. The van der Waals surface area contributed by atoms with E-state index in [1.165, 1.54) is 0 Å². The van der Waals surface area contributed by atoms with Gasteiger partial charge >= 0.3 is 0 Å². The van der Waals surface area contributed by atoms with Crippen LogP contribution in [0.3, 0.4) is 0 Å². The second-order valence-electron chi connectivity index (χ2n) is 11.4. The molecule has 0 aliphatic carbocycles. The highest BCUT2D eigenvalue weighted by atomic mass is 16.2. The molecule has 6 nitrogen and oxygen atoms in total. The molecule has 0 spiro atoms. The monoisotopic (exact) mass is 508 g/mol. The van der Waals surface area contributed by atoms with Gasteiger partial charge in [0.1, 0.15) is 12.1 Å². The second-order valence-corrected chi connectivity index (χ2v) is 11.4. The van der Waals surface area contributed by atoms with E-state index in [0.29, 0.717) is 12.8 Å². The standard InChI is InChI=1S/C32H36N4O2/c1-7-31(3,4)28-23(22-14-9-11-15-24(22)33-28)18-26-30(38)34-25(29(37)35-26)17-20-19-36(32(5,6)8-2)27-16-12-10-13-21(20)27/h7-16,19,25-26,33H,1-2,17-18H2,3-6H3,(H,34,38)(H,35,37)/t25-,26-/m0/s1. The Kier molecular flexibility index (Phi) is 6.30. The number of rotatable bonds is 8. The molecule has 0 radical (unpaired) electrons. The van der Waals surface area contributed by atoms with Crippen LogP contribution in [0.15, 0.2) is 80.0 Å². The van der Waals surface area contributed by atoms with Crippen molar-refractivity contribution in [3.05, 3.63) is 96.9 Å². The Labute approximate surface area is 223 Å². The van der Waals surface area contributed by atoms with Crippen molar-refractivity contribution in [3.63, 3.8) is 0 Å². The summed E-state index contributed by atoms with van der Waals surface area (Å²) in [7, 11) is 0. The van der Waals surface area contributed by atoms with E-state index in [0.717, 1.165) is 38.6 Å². The lowest BCUT2D eigenvalue weighted by molar-refractivity contribution is -0.136. The van der Waals surface area contributed by atoms with Gasteiger partial charge in [0.25, 0.3) is 0 Å². The Hall–Kier alpha value is -4.06. The minimum Gasteiger partial charge on any atom is -0.357 e. The number of hydrogen-bond acceptors (Lipinski definition) is 2. The first-order valence-corrected chi connectivity index (χ1v) is 13.1. The average Bonchev–Trinajstić information content (AvgIpc) is 3.47. The van der Waals surface area contributed by atoms with E-state index < -0.39 is 12.1 Å². The molecular formula is C32H36N4O2. The molecule has 2 amide bonds. The van der Waals surface area contributed by atoms with Crippen LogP contribution >= 0.6 is 0 Å². The molecule has 1 fully saturated rings. The van der Waals surface area contributed by atoms with Crippen molar-refractivity contribution in [1.82, 2.24) is 20.2 Å². The number of H-pyrrole nitrogens is 1. The summed E-state index contributed by atoms with van der Waals surface area (Å²) < 4.78 is 2.18. The molecule has 2 atom stereocenters. The number of carbonyl (C=O) groups excluding carboxylic acids is 2. The molecule has 0 saturated carbocycles. The lowest BCUT2D eigenvalue weighted by Crippen LogP contribution is -2.62. The summed E-state index contributed by atoms with van der Waals surface area (Å²) in [6.07, 6.45) is 6.70. The number of allylic oxidation sites excluding steroid dienone is 2. The van der Waals surface area contributed by atoms with Crippen LogP contribution in [0.25, 0.3) is 21.8 Å². The van der Waals surface area contributed by atoms with Crippen molar-refractivity contribution in [1.29, 1.82) is 0 Å². The Bertz CT molecular complexity index is 1570. The third-order valence-electron chi connectivity index (χ3n) is 7.98. The molecule has 5 rings (SSSR count). The van der Waals surface area contributed by atoms with Gasteiger partial charge in [0.05, 0.1) is 5.54 Å². The molecule has 3 N–H and O–H groups in total. The summed E-state index contributed by atoms with van der Waals surface area (Å²) in [4.78, 5) is 30.2. The maximum absolute atomic E-state index is 13.3. The molecule has 2 aromatic carbocycles. The van der Waals surface area contributed by atoms with Crippen molar-refractivity contribution in [3.8, 4) is 0 Å². The van der Waals surface area contributed by atoms with Gasteiger partial charge in [-0.15, -0.1) is 13.2 Å². The van der Waals surface area contributed by atoms with E-state index in [4.69, 9.17) is 0 Å². The van der Waals surface area contributed by atoms with Gasteiger partial charge < -0.3 is 20.2 Å². The number of benzene rings is 2. The van der Waals surface area contributed by atoms with E-state index >= 15 is 0 Å². The number of nitrogens with zero attached hydrogens (tertiary/aromatic N) is 1. The van der Waals surface area contributed by atoms with Crippen molar-refractivity contribution in [2.75, 3.05) is 0 Å². The van der Waals surface area contributed by atoms with Crippen LogP contribution in [0.1, 0.15) is 44.5 Å². The predicted molar refractivity (Wildman–Crippen MR) is 154 cm³/mol.